The van der Waals surface area contributed by atoms with Crippen molar-refractivity contribution in [1.29, 1.82) is 0 Å². The van der Waals surface area contributed by atoms with Gasteiger partial charge in [-0.3, -0.25) is 19.7 Å². The number of amides is 3. The van der Waals surface area contributed by atoms with Crippen LogP contribution in [-0.4, -0.2) is 36.2 Å². The van der Waals surface area contributed by atoms with Crippen molar-refractivity contribution in [3.8, 4) is 0 Å². The second kappa shape index (κ2) is 15.0. The first kappa shape index (κ1) is 21.9. The van der Waals surface area contributed by atoms with Gasteiger partial charge in [0.25, 0.3) is 0 Å². The van der Waals surface area contributed by atoms with Gasteiger partial charge in [0.1, 0.15) is 0 Å². The minimum atomic E-state index is -0.430. The van der Waals surface area contributed by atoms with Crippen LogP contribution in [0.15, 0.2) is 0 Å². The Labute approximate surface area is 129 Å². The summed E-state index contributed by atoms with van der Waals surface area (Å²) in [4.78, 5) is 33.1. The Bertz CT molecular complexity index is 293. The number of hydrogen-bond acceptors (Lipinski definition) is 3. The molecule has 5 nitrogen and oxygen atoms in total. The highest BCUT2D eigenvalue weighted by Crippen LogP contribution is 2.08. The molecule has 0 bridgehead atoms. The summed E-state index contributed by atoms with van der Waals surface area (Å²) in [6.07, 6.45) is 5.71. The van der Waals surface area contributed by atoms with Crippen molar-refractivity contribution >= 4 is 18.2 Å². The lowest BCUT2D eigenvalue weighted by Crippen LogP contribution is -2.37. The Kier molecular flexibility index (Phi) is 15.7. The highest BCUT2D eigenvalue weighted by Gasteiger charge is 2.21. The lowest BCUT2D eigenvalue weighted by Gasteiger charge is -2.12. The van der Waals surface area contributed by atoms with Crippen LogP contribution in [0.5, 0.6) is 0 Å². The van der Waals surface area contributed by atoms with Gasteiger partial charge < -0.3 is 4.90 Å². The predicted octanol–water partition coefficient (Wildman–Crippen LogP) is 2.74. The summed E-state index contributed by atoms with van der Waals surface area (Å²) in [5, 5.41) is 1.98. The molecule has 1 atom stereocenters. The number of rotatable bonds is 6. The summed E-state index contributed by atoms with van der Waals surface area (Å²) in [6.45, 7) is 11.4. The second-order valence-corrected chi connectivity index (χ2v) is 4.91. The summed E-state index contributed by atoms with van der Waals surface area (Å²) in [5.74, 6) is 0.501. The fraction of sp³-hybridized carbons (Fsp3) is 0.812. The quantitative estimate of drug-likeness (QED) is 0.767. The zero-order valence-corrected chi connectivity index (χ0v) is 14.3. The van der Waals surface area contributed by atoms with Crippen molar-refractivity contribution in [3.63, 3.8) is 0 Å². The molecule has 1 aliphatic heterocycles. The number of nitrogens with one attached hydrogen (secondary N) is 1. The molecule has 1 aliphatic rings. The van der Waals surface area contributed by atoms with Crippen LogP contribution in [-0.2, 0) is 14.4 Å². The third kappa shape index (κ3) is 12.1. The number of likely N-dealkylation sites (tertiary alicyclic amines) is 1. The van der Waals surface area contributed by atoms with E-state index in [1.807, 2.05) is 19.2 Å². The summed E-state index contributed by atoms with van der Waals surface area (Å²) < 4.78 is 0. The maximum absolute atomic E-state index is 11.0. The molecule has 1 N–H and O–H groups in total. The van der Waals surface area contributed by atoms with Crippen molar-refractivity contribution in [2.75, 3.05) is 13.1 Å². The van der Waals surface area contributed by atoms with Gasteiger partial charge >= 0.3 is 0 Å². The minimum absolute atomic E-state index is 0.00241. The third-order valence-corrected chi connectivity index (χ3v) is 3.20. The van der Waals surface area contributed by atoms with E-state index in [-0.39, 0.29) is 12.5 Å². The molecule has 5 heteroatoms. The fourth-order valence-electron chi connectivity index (χ4n) is 1.85. The predicted molar refractivity (Wildman–Crippen MR) is 85.7 cm³/mol. The molecule has 1 unspecified atom stereocenters. The molecule has 0 spiro atoms. The number of carbonyl (C=O) groups excluding carboxylic acids is 3. The maximum atomic E-state index is 11.0. The van der Waals surface area contributed by atoms with Crippen molar-refractivity contribution < 1.29 is 14.4 Å². The number of imide groups is 1. The molecular weight excluding hydrogens is 268 g/mol. The molecule has 3 amide bonds. The molecule has 0 aromatic heterocycles. The largest absolute Gasteiger partial charge is 0.333 e. The Hall–Kier alpha value is -1.39. The van der Waals surface area contributed by atoms with Gasteiger partial charge in [0, 0.05) is 13.0 Å². The molecule has 21 heavy (non-hydrogen) atoms. The lowest BCUT2D eigenvalue weighted by molar-refractivity contribution is -0.134. The molecule has 0 aliphatic carbocycles. The molecule has 0 aromatic rings. The van der Waals surface area contributed by atoms with Gasteiger partial charge in [-0.1, -0.05) is 53.9 Å². The van der Waals surface area contributed by atoms with E-state index >= 15 is 0 Å². The molecule has 1 saturated heterocycles. The van der Waals surface area contributed by atoms with E-state index in [4.69, 9.17) is 0 Å². The van der Waals surface area contributed by atoms with Crippen LogP contribution in [0.25, 0.3) is 0 Å². The van der Waals surface area contributed by atoms with Crippen molar-refractivity contribution in [3.05, 3.63) is 0 Å². The topological polar surface area (TPSA) is 66.5 Å². The van der Waals surface area contributed by atoms with Gasteiger partial charge in [0.2, 0.25) is 18.2 Å². The van der Waals surface area contributed by atoms with Gasteiger partial charge in [-0.05, 0) is 12.3 Å². The number of nitrogens with zero attached hydrogens (tertiary/aromatic N) is 1. The first-order valence-electron chi connectivity index (χ1n) is 8.05. The molecule has 0 saturated carbocycles. The van der Waals surface area contributed by atoms with Gasteiger partial charge in [0.05, 0.1) is 6.54 Å². The highest BCUT2D eigenvalue weighted by atomic mass is 16.2. The van der Waals surface area contributed by atoms with Crippen LogP contribution in [0, 0.1) is 5.92 Å². The SMILES string of the molecule is CC.CCCC(C)CC.O=CNC(=O)CN1CCCC1=O. The zero-order valence-electron chi connectivity index (χ0n) is 14.3. The van der Waals surface area contributed by atoms with E-state index < -0.39 is 5.91 Å². The average molecular weight is 300 g/mol. The Balaban J connectivity index is 0. The van der Waals surface area contributed by atoms with Crippen molar-refractivity contribution in [2.45, 2.75) is 66.7 Å². The number of carbonyl (C=O) groups is 3. The first-order valence-corrected chi connectivity index (χ1v) is 8.05. The maximum Gasteiger partial charge on any atom is 0.245 e. The van der Waals surface area contributed by atoms with E-state index in [9.17, 15) is 14.4 Å². The Morgan fingerprint density at radius 3 is 2.33 bits per heavy atom. The summed E-state index contributed by atoms with van der Waals surface area (Å²) in [6, 6.07) is 0. The normalized spacial score (nSPS) is 14.3. The van der Waals surface area contributed by atoms with E-state index in [0.717, 1.165) is 12.3 Å². The van der Waals surface area contributed by atoms with Gasteiger partial charge in [-0.15, -0.1) is 0 Å². The molecule has 1 fully saturated rings. The van der Waals surface area contributed by atoms with Crippen molar-refractivity contribution in [1.82, 2.24) is 10.2 Å². The molecular formula is C16H32N2O3. The lowest BCUT2D eigenvalue weighted by atomic mass is 10.0. The van der Waals surface area contributed by atoms with E-state index in [1.165, 1.54) is 24.2 Å². The Morgan fingerprint density at radius 1 is 1.38 bits per heavy atom. The van der Waals surface area contributed by atoms with Crippen LogP contribution in [0.4, 0.5) is 0 Å². The molecule has 124 valence electrons. The van der Waals surface area contributed by atoms with Gasteiger partial charge in [0.15, 0.2) is 0 Å². The minimum Gasteiger partial charge on any atom is -0.333 e. The van der Waals surface area contributed by atoms with Gasteiger partial charge in [-0.25, -0.2) is 0 Å². The summed E-state index contributed by atoms with van der Waals surface area (Å²) in [7, 11) is 0. The van der Waals surface area contributed by atoms with Gasteiger partial charge in [-0.2, -0.15) is 0 Å². The van der Waals surface area contributed by atoms with E-state index in [1.54, 1.807) is 0 Å². The van der Waals surface area contributed by atoms with Crippen LogP contribution in [0.2, 0.25) is 0 Å². The molecule has 0 radical (unpaired) electrons. The Morgan fingerprint density at radius 2 is 2.00 bits per heavy atom. The van der Waals surface area contributed by atoms with E-state index in [0.29, 0.717) is 19.4 Å². The second-order valence-electron chi connectivity index (χ2n) is 4.91. The highest BCUT2D eigenvalue weighted by molar-refractivity contribution is 5.90. The first-order chi connectivity index (χ1) is 10.0. The smallest absolute Gasteiger partial charge is 0.245 e. The van der Waals surface area contributed by atoms with Crippen LogP contribution in [0.1, 0.15) is 66.7 Å². The molecule has 0 aromatic carbocycles. The molecule has 1 rings (SSSR count). The fourth-order valence-corrected chi connectivity index (χ4v) is 1.85. The van der Waals surface area contributed by atoms with E-state index in [2.05, 4.69) is 20.8 Å². The van der Waals surface area contributed by atoms with Crippen molar-refractivity contribution in [2.24, 2.45) is 5.92 Å². The van der Waals surface area contributed by atoms with Crippen LogP contribution < -0.4 is 5.32 Å². The summed E-state index contributed by atoms with van der Waals surface area (Å²) in [5.41, 5.74) is 0. The van der Waals surface area contributed by atoms with Crippen LogP contribution >= 0.6 is 0 Å². The number of hydrogen-bond donors (Lipinski definition) is 1. The average Bonchev–Trinajstić information content (AvgIpc) is 2.87. The standard InChI is InChI=1S/C7H10N2O3.C7H16.C2H6/c10-5-8-6(11)4-9-3-1-2-7(9)12;1-4-6-7(3)5-2;1-2/h5H,1-4H2,(H,8,10,11);7H,4-6H2,1-3H3;1-2H3. The summed E-state index contributed by atoms with van der Waals surface area (Å²) >= 11 is 0. The van der Waals surface area contributed by atoms with Crippen LogP contribution in [0.3, 0.4) is 0 Å². The monoisotopic (exact) mass is 300 g/mol. The molecule has 1 heterocycles. The zero-order chi connectivity index (χ0) is 16.7. The third-order valence-electron chi connectivity index (χ3n) is 3.20.